The molecule has 0 bridgehead atoms. The number of carbonyl (C=O) groups is 3. The smallest absolute Gasteiger partial charge is 0.456 e. The maximum Gasteiger partial charge on any atom is 0.475 e. The van der Waals surface area contributed by atoms with Crippen LogP contribution in [-0.4, -0.2) is 153 Å². The summed E-state index contributed by atoms with van der Waals surface area (Å²) in [6.07, 6.45) is 0. The van der Waals surface area contributed by atoms with Crippen molar-refractivity contribution in [1.82, 2.24) is 0 Å². The number of ether oxygens (including phenoxy) is 3. The first-order valence-electron chi connectivity index (χ1n) is 14.6. The van der Waals surface area contributed by atoms with Gasteiger partial charge in [-0.15, -0.1) is 0 Å². The molecule has 0 N–H and O–H groups in total. The van der Waals surface area contributed by atoms with Gasteiger partial charge in [0, 0.05) is 16.7 Å². The molecule has 0 rings (SSSR count). The van der Waals surface area contributed by atoms with E-state index >= 15 is 0 Å². The quantitative estimate of drug-likeness (QED) is 0.0507. The number of carbonyl (C=O) groups excluding carboxylic acids is 3. The monoisotopic (exact) mass is 650 g/mol. The molecular weight excluding hydrogens is 593 g/mol. The van der Waals surface area contributed by atoms with Crippen molar-refractivity contribution in [1.29, 1.82) is 0 Å². The Kier molecular flexibility index (Phi) is 18.2. The van der Waals surface area contributed by atoms with Gasteiger partial charge in [0.15, 0.2) is 0 Å². The van der Waals surface area contributed by atoms with E-state index in [0.717, 1.165) is 0 Å². The molecule has 0 amide bonds. The van der Waals surface area contributed by atoms with Crippen LogP contribution in [0.1, 0.15) is 20.8 Å². The molecule has 44 heavy (non-hydrogen) atoms. The van der Waals surface area contributed by atoms with Crippen LogP contribution < -0.4 is 0 Å². The molecule has 0 unspecified atom stereocenters. The van der Waals surface area contributed by atoms with E-state index in [1.807, 2.05) is 42.3 Å². The average molecular weight is 651 g/mol. The summed E-state index contributed by atoms with van der Waals surface area (Å²) in [6, 6.07) is 0. The van der Waals surface area contributed by atoms with E-state index in [4.69, 9.17) is 27.8 Å². The Balaban J connectivity index is 5.15. The van der Waals surface area contributed by atoms with Crippen molar-refractivity contribution in [2.24, 2.45) is 0 Å². The number of likely N-dealkylation sites (N-methyl/N-ethyl adjacent to an activating group) is 3. The van der Waals surface area contributed by atoms with E-state index in [2.05, 4.69) is 19.7 Å². The van der Waals surface area contributed by atoms with Gasteiger partial charge in [-0.3, -0.25) is 13.6 Å². The number of phosphoric ester groups is 1. The molecule has 0 heterocycles. The number of rotatable bonds is 24. The first kappa shape index (κ1) is 41.6. The van der Waals surface area contributed by atoms with Crippen LogP contribution in [0.2, 0.25) is 0 Å². The molecule has 13 nitrogen and oxygen atoms in total. The average Bonchev–Trinajstić information content (AvgIpc) is 2.87. The molecular formula is C30H57N3O10P+3. The zero-order chi connectivity index (χ0) is 34.2. The van der Waals surface area contributed by atoms with Crippen molar-refractivity contribution < 1.29 is 60.2 Å². The lowest BCUT2D eigenvalue weighted by Crippen LogP contribution is -2.45. The van der Waals surface area contributed by atoms with E-state index in [9.17, 15) is 18.9 Å². The highest BCUT2D eigenvalue weighted by Gasteiger charge is 2.31. The van der Waals surface area contributed by atoms with Crippen LogP contribution in [0.15, 0.2) is 36.5 Å². The van der Waals surface area contributed by atoms with Gasteiger partial charge >= 0.3 is 25.7 Å². The second-order valence-electron chi connectivity index (χ2n) is 12.8. The highest BCUT2D eigenvalue weighted by Crippen LogP contribution is 2.49. The van der Waals surface area contributed by atoms with E-state index in [1.165, 1.54) is 0 Å². The normalized spacial score (nSPS) is 12.4. The van der Waals surface area contributed by atoms with Crippen molar-refractivity contribution in [3.8, 4) is 0 Å². The zero-order valence-electron chi connectivity index (χ0n) is 28.5. The van der Waals surface area contributed by atoms with Gasteiger partial charge in [-0.1, -0.05) is 19.7 Å². The fourth-order valence-corrected chi connectivity index (χ4v) is 4.31. The lowest BCUT2D eigenvalue weighted by Gasteiger charge is -2.32. The number of quaternary nitrogens is 3. The Morgan fingerprint density at radius 1 is 0.477 bits per heavy atom. The fraction of sp³-hybridized carbons (Fsp3) is 0.700. The Labute approximate surface area is 264 Å². The maximum atomic E-state index is 13.7. The summed E-state index contributed by atoms with van der Waals surface area (Å²) >= 11 is 0. The molecule has 0 saturated carbocycles. The minimum Gasteiger partial charge on any atom is -0.456 e. The van der Waals surface area contributed by atoms with E-state index in [1.54, 1.807) is 20.8 Å². The zero-order valence-corrected chi connectivity index (χ0v) is 29.4. The molecule has 0 aromatic rings. The Morgan fingerprint density at radius 2 is 0.682 bits per heavy atom. The summed E-state index contributed by atoms with van der Waals surface area (Å²) < 4.78 is 47.8. The summed E-state index contributed by atoms with van der Waals surface area (Å²) in [7, 11) is 7.66. The van der Waals surface area contributed by atoms with Crippen LogP contribution in [0.4, 0.5) is 0 Å². The molecule has 14 heteroatoms. The maximum absolute atomic E-state index is 13.7. The summed E-state index contributed by atoms with van der Waals surface area (Å²) in [5.41, 5.74) is 0.995. The topological polar surface area (TPSA) is 124 Å². The van der Waals surface area contributed by atoms with Crippen molar-refractivity contribution in [3.63, 3.8) is 0 Å². The van der Waals surface area contributed by atoms with Gasteiger partial charge in [-0.2, -0.15) is 0 Å². The predicted octanol–water partition coefficient (Wildman–Crippen LogP) is 2.73. The van der Waals surface area contributed by atoms with Crippen molar-refractivity contribution in [2.75, 3.05) is 121 Å². The standard InChI is InChI=1S/C30H57N3O10P/c1-25(2)28(34)38-19-13-31(7,8)16-22-41-44(37,42-23-17-32(9,10)14-20-39-29(35)26(3)4)43-24-18-33(11,12)15-21-40-30(36)27(5)6/h1,3,5,13-24H2,2,4,6-12H3/q+3. The van der Waals surface area contributed by atoms with Gasteiger partial charge in [0.25, 0.3) is 0 Å². The molecule has 0 aromatic heterocycles. The molecule has 0 aliphatic heterocycles. The highest BCUT2D eigenvalue weighted by molar-refractivity contribution is 7.48. The second kappa shape index (κ2) is 19.2. The molecule has 0 saturated heterocycles. The van der Waals surface area contributed by atoms with Gasteiger partial charge in [0.05, 0.1) is 42.3 Å². The molecule has 0 atom stereocenters. The molecule has 0 aliphatic rings. The number of hydrogen-bond donors (Lipinski definition) is 0. The summed E-state index contributed by atoms with van der Waals surface area (Å²) in [5.74, 6) is -1.34. The number of nitrogens with zero attached hydrogens (tertiary/aromatic N) is 3. The minimum absolute atomic E-state index is 0.0723. The van der Waals surface area contributed by atoms with Crippen LogP contribution in [0, 0.1) is 0 Å². The lowest BCUT2D eigenvalue weighted by molar-refractivity contribution is -0.891. The Bertz CT molecular complexity index is 927. The Morgan fingerprint density at radius 3 is 0.886 bits per heavy atom. The SMILES string of the molecule is C=C(C)C(=O)OCC[N+](C)(C)CCOP(=O)(OCC[N+](C)(C)CCOC(=O)C(=C)C)OCC[N+](C)(C)CCOC(=O)C(=C)C. The van der Waals surface area contributed by atoms with Crippen molar-refractivity contribution in [2.45, 2.75) is 20.8 Å². The molecule has 0 radical (unpaired) electrons. The predicted molar refractivity (Wildman–Crippen MR) is 168 cm³/mol. The third-order valence-corrected chi connectivity index (χ3v) is 8.17. The summed E-state index contributed by atoms with van der Waals surface area (Å²) in [5, 5.41) is 0. The second-order valence-corrected chi connectivity index (χ2v) is 14.5. The van der Waals surface area contributed by atoms with E-state index in [0.29, 0.717) is 69.4 Å². The van der Waals surface area contributed by atoms with Gasteiger partial charge in [-0.25, -0.2) is 18.9 Å². The first-order valence-corrected chi connectivity index (χ1v) is 16.0. The van der Waals surface area contributed by atoms with Gasteiger partial charge in [-0.05, 0) is 20.8 Å². The van der Waals surface area contributed by atoms with E-state index < -0.39 is 25.7 Å². The van der Waals surface area contributed by atoms with Crippen LogP contribution in [-0.2, 0) is 46.7 Å². The molecule has 0 aliphatic carbocycles. The third kappa shape index (κ3) is 19.8. The highest BCUT2D eigenvalue weighted by atomic mass is 31.2. The summed E-state index contributed by atoms with van der Waals surface area (Å²) in [6.45, 7) is 19.2. The number of phosphoric acid groups is 1. The van der Waals surface area contributed by atoms with Crippen LogP contribution in [0.5, 0.6) is 0 Å². The molecule has 0 spiro atoms. The van der Waals surface area contributed by atoms with Crippen molar-refractivity contribution in [3.05, 3.63) is 36.5 Å². The van der Waals surface area contributed by atoms with Gasteiger partial charge in [0.2, 0.25) is 0 Å². The molecule has 0 fully saturated rings. The summed E-state index contributed by atoms with van der Waals surface area (Å²) in [4.78, 5) is 35.0. The van der Waals surface area contributed by atoms with Gasteiger partial charge < -0.3 is 27.7 Å². The number of esters is 3. The minimum atomic E-state index is -3.96. The first-order chi connectivity index (χ1) is 20.1. The lowest BCUT2D eigenvalue weighted by atomic mass is 10.4. The number of hydrogen-bond acceptors (Lipinski definition) is 10. The van der Waals surface area contributed by atoms with Crippen molar-refractivity contribution >= 4 is 25.7 Å². The molecule has 254 valence electrons. The third-order valence-electron chi connectivity index (χ3n) is 6.67. The van der Waals surface area contributed by atoms with Crippen LogP contribution >= 0.6 is 7.82 Å². The molecule has 0 aromatic carbocycles. The Hall–Kier alpha value is -2.38. The van der Waals surface area contributed by atoms with E-state index in [-0.39, 0.29) is 39.6 Å². The van der Waals surface area contributed by atoms with Gasteiger partial charge in [0.1, 0.15) is 78.9 Å². The largest absolute Gasteiger partial charge is 0.475 e. The fourth-order valence-electron chi connectivity index (χ4n) is 3.17. The van der Waals surface area contributed by atoms with Crippen LogP contribution in [0.3, 0.4) is 0 Å². The van der Waals surface area contributed by atoms with Crippen LogP contribution in [0.25, 0.3) is 0 Å².